The minimum atomic E-state index is -4.55. The fraction of sp³-hybridized carbons (Fsp3) is 0.571. The quantitative estimate of drug-likeness (QED) is 0.425. The number of nitrogens with one attached hydrogen (secondary N) is 2. The Balaban J connectivity index is 2.80. The Bertz CT molecular complexity index is 760. The van der Waals surface area contributed by atoms with Gasteiger partial charge in [-0.1, -0.05) is 18.9 Å². The first-order chi connectivity index (χ1) is 14.3. The smallest absolute Gasteiger partial charge is 0.416 e. The van der Waals surface area contributed by atoms with E-state index in [0.717, 1.165) is 12.1 Å². The van der Waals surface area contributed by atoms with Crippen molar-refractivity contribution < 1.29 is 37.0 Å². The average molecular weight is 446 g/mol. The van der Waals surface area contributed by atoms with Crippen molar-refractivity contribution in [3.05, 3.63) is 29.8 Å². The van der Waals surface area contributed by atoms with Gasteiger partial charge in [-0.25, -0.2) is 4.79 Å². The van der Waals surface area contributed by atoms with Crippen LogP contribution >= 0.6 is 0 Å². The Hall–Kier alpha value is -2.78. The molecule has 31 heavy (non-hydrogen) atoms. The van der Waals surface area contributed by atoms with Gasteiger partial charge in [0.25, 0.3) is 0 Å². The number of anilines is 1. The van der Waals surface area contributed by atoms with Gasteiger partial charge in [-0.15, -0.1) is 0 Å². The van der Waals surface area contributed by atoms with Crippen LogP contribution in [-0.4, -0.2) is 36.7 Å². The van der Waals surface area contributed by atoms with Crippen LogP contribution in [0.3, 0.4) is 0 Å². The number of esters is 1. The number of alkyl halides is 3. The van der Waals surface area contributed by atoms with Crippen molar-refractivity contribution >= 4 is 23.7 Å². The first-order valence-electron chi connectivity index (χ1n) is 9.86. The number of ether oxygens (including phenoxy) is 2. The third-order valence-electron chi connectivity index (χ3n) is 4.07. The largest absolute Gasteiger partial charge is 0.469 e. The molecule has 0 saturated carbocycles. The van der Waals surface area contributed by atoms with E-state index in [0.29, 0.717) is 19.3 Å². The second-order valence-corrected chi connectivity index (χ2v) is 7.94. The molecule has 174 valence electrons. The molecule has 0 fully saturated rings. The molecule has 0 spiro atoms. The van der Waals surface area contributed by atoms with Gasteiger partial charge >= 0.3 is 18.2 Å². The second-order valence-electron chi connectivity index (χ2n) is 7.94. The SMILES string of the molecule is COC(=O)CCCCC[C@H](NC(=O)OC(C)(C)C)C(=O)Nc1cccc(C(F)(F)F)c1. The van der Waals surface area contributed by atoms with E-state index in [1.807, 2.05) is 0 Å². The monoisotopic (exact) mass is 446 g/mol. The summed E-state index contributed by atoms with van der Waals surface area (Å²) in [5, 5.41) is 4.87. The van der Waals surface area contributed by atoms with Gasteiger partial charge in [-0.05, 0) is 51.8 Å². The summed E-state index contributed by atoms with van der Waals surface area (Å²) in [7, 11) is 1.29. The number of rotatable bonds is 9. The lowest BCUT2D eigenvalue weighted by Gasteiger charge is -2.23. The summed E-state index contributed by atoms with van der Waals surface area (Å²) >= 11 is 0. The maximum absolute atomic E-state index is 12.9. The highest BCUT2D eigenvalue weighted by Gasteiger charge is 2.31. The molecule has 0 aliphatic carbocycles. The molecule has 2 N–H and O–H groups in total. The fourth-order valence-electron chi connectivity index (χ4n) is 2.62. The number of halogens is 3. The first kappa shape index (κ1) is 26.3. The van der Waals surface area contributed by atoms with Crippen molar-refractivity contribution in [2.24, 2.45) is 0 Å². The summed E-state index contributed by atoms with van der Waals surface area (Å²) in [5.41, 5.74) is -1.72. The number of amides is 2. The lowest BCUT2D eigenvalue weighted by Crippen LogP contribution is -2.45. The molecule has 0 aliphatic rings. The highest BCUT2D eigenvalue weighted by molar-refractivity contribution is 5.96. The van der Waals surface area contributed by atoms with Crippen LogP contribution in [-0.2, 0) is 25.2 Å². The summed E-state index contributed by atoms with van der Waals surface area (Å²) in [6.45, 7) is 4.99. The van der Waals surface area contributed by atoms with Gasteiger partial charge in [-0.3, -0.25) is 9.59 Å². The number of benzene rings is 1. The highest BCUT2D eigenvalue weighted by Crippen LogP contribution is 2.30. The van der Waals surface area contributed by atoms with E-state index < -0.39 is 35.4 Å². The minimum absolute atomic E-state index is 0.0403. The molecule has 0 radical (unpaired) electrons. The van der Waals surface area contributed by atoms with Gasteiger partial charge in [-0.2, -0.15) is 13.2 Å². The fourth-order valence-corrected chi connectivity index (χ4v) is 2.62. The maximum atomic E-state index is 12.9. The molecule has 2 amide bonds. The van der Waals surface area contributed by atoms with Crippen molar-refractivity contribution in [2.45, 2.75) is 70.7 Å². The molecular weight excluding hydrogens is 417 g/mol. The van der Waals surface area contributed by atoms with Crippen LogP contribution in [0.15, 0.2) is 24.3 Å². The normalized spacial score (nSPS) is 12.6. The van der Waals surface area contributed by atoms with E-state index in [1.54, 1.807) is 20.8 Å². The molecule has 0 saturated heterocycles. The Morgan fingerprint density at radius 3 is 2.32 bits per heavy atom. The van der Waals surface area contributed by atoms with Gasteiger partial charge in [0.05, 0.1) is 12.7 Å². The average Bonchev–Trinajstić information content (AvgIpc) is 2.64. The van der Waals surface area contributed by atoms with Crippen LogP contribution < -0.4 is 10.6 Å². The van der Waals surface area contributed by atoms with Gasteiger partial charge in [0, 0.05) is 12.1 Å². The van der Waals surface area contributed by atoms with Crippen LogP contribution in [0.2, 0.25) is 0 Å². The second kappa shape index (κ2) is 11.6. The van der Waals surface area contributed by atoms with Gasteiger partial charge in [0.2, 0.25) is 5.91 Å². The number of hydrogen-bond donors (Lipinski definition) is 2. The number of alkyl carbamates (subject to hydrolysis) is 1. The van der Waals surface area contributed by atoms with E-state index in [-0.39, 0.29) is 24.5 Å². The Morgan fingerprint density at radius 2 is 1.74 bits per heavy atom. The van der Waals surface area contributed by atoms with Crippen molar-refractivity contribution in [1.29, 1.82) is 0 Å². The summed E-state index contributed by atoms with van der Waals surface area (Å²) in [4.78, 5) is 35.9. The number of carbonyl (C=O) groups is 3. The Morgan fingerprint density at radius 1 is 1.06 bits per heavy atom. The van der Waals surface area contributed by atoms with Crippen molar-refractivity contribution in [2.75, 3.05) is 12.4 Å². The molecule has 1 aromatic carbocycles. The van der Waals surface area contributed by atoms with Crippen LogP contribution in [0.25, 0.3) is 0 Å². The molecule has 1 aromatic rings. The molecule has 0 unspecified atom stereocenters. The minimum Gasteiger partial charge on any atom is -0.469 e. The zero-order valence-corrected chi connectivity index (χ0v) is 18.1. The summed E-state index contributed by atoms with van der Waals surface area (Å²) in [5.74, 6) is -1.01. The number of hydrogen-bond acceptors (Lipinski definition) is 5. The van der Waals surface area contributed by atoms with Gasteiger partial charge < -0.3 is 20.1 Å². The molecule has 0 bridgehead atoms. The predicted molar refractivity (Wildman–Crippen MR) is 108 cm³/mol. The van der Waals surface area contributed by atoms with Crippen molar-refractivity contribution in [3.8, 4) is 0 Å². The summed E-state index contributed by atoms with van der Waals surface area (Å²) in [6.07, 6.45) is -3.28. The van der Waals surface area contributed by atoms with E-state index in [2.05, 4.69) is 15.4 Å². The van der Waals surface area contributed by atoms with Crippen LogP contribution in [0, 0.1) is 0 Å². The topological polar surface area (TPSA) is 93.7 Å². The molecule has 0 aliphatic heterocycles. The molecule has 10 heteroatoms. The molecular formula is C21H29F3N2O5. The summed E-state index contributed by atoms with van der Waals surface area (Å²) < 4.78 is 48.4. The van der Waals surface area contributed by atoms with Crippen LogP contribution in [0.1, 0.15) is 58.4 Å². The standard InChI is InChI=1S/C21H29F3N2O5/c1-20(2,3)31-19(29)26-16(11-6-5-7-12-17(27)30-4)18(28)25-15-10-8-9-14(13-15)21(22,23)24/h8-10,13,16H,5-7,11-12H2,1-4H3,(H,25,28)(H,26,29)/t16-/m0/s1. The van der Waals surface area contributed by atoms with Crippen molar-refractivity contribution in [1.82, 2.24) is 5.32 Å². The number of unbranched alkanes of at least 4 members (excludes halogenated alkanes) is 2. The lowest BCUT2D eigenvalue weighted by molar-refractivity contribution is -0.140. The van der Waals surface area contributed by atoms with E-state index >= 15 is 0 Å². The van der Waals surface area contributed by atoms with E-state index in [4.69, 9.17) is 4.74 Å². The zero-order chi connectivity index (χ0) is 23.7. The third kappa shape index (κ3) is 10.7. The Labute approximate surface area is 179 Å². The Kier molecular flexibility index (Phi) is 9.80. The summed E-state index contributed by atoms with van der Waals surface area (Å²) in [6, 6.07) is 3.20. The highest BCUT2D eigenvalue weighted by atomic mass is 19.4. The zero-order valence-electron chi connectivity index (χ0n) is 18.1. The molecule has 0 heterocycles. The number of methoxy groups -OCH3 is 1. The van der Waals surface area contributed by atoms with E-state index in [9.17, 15) is 27.6 Å². The maximum Gasteiger partial charge on any atom is 0.416 e. The van der Waals surface area contributed by atoms with Crippen molar-refractivity contribution in [3.63, 3.8) is 0 Å². The van der Waals surface area contributed by atoms with E-state index in [1.165, 1.54) is 19.2 Å². The first-order valence-corrected chi connectivity index (χ1v) is 9.86. The predicted octanol–water partition coefficient (Wildman–Crippen LogP) is 4.66. The molecule has 7 nitrogen and oxygen atoms in total. The lowest BCUT2D eigenvalue weighted by atomic mass is 10.1. The van der Waals surface area contributed by atoms with Crippen LogP contribution in [0.4, 0.5) is 23.7 Å². The van der Waals surface area contributed by atoms with Crippen LogP contribution in [0.5, 0.6) is 0 Å². The number of carbonyl (C=O) groups excluding carboxylic acids is 3. The molecule has 0 aromatic heterocycles. The molecule has 1 atom stereocenters. The third-order valence-corrected chi connectivity index (χ3v) is 4.07. The van der Waals surface area contributed by atoms with Gasteiger partial charge in [0.1, 0.15) is 11.6 Å². The van der Waals surface area contributed by atoms with Gasteiger partial charge in [0.15, 0.2) is 0 Å². The molecule has 1 rings (SSSR count).